The Morgan fingerprint density at radius 2 is 2.33 bits per heavy atom. The Labute approximate surface area is 146 Å². The Kier molecular flexibility index (Phi) is 11.3. The third-order valence-corrected chi connectivity index (χ3v) is 3.33. The zero-order valence-electron chi connectivity index (χ0n) is 12.3. The summed E-state index contributed by atoms with van der Waals surface area (Å²) in [7, 11) is 1.64. The predicted octanol–water partition coefficient (Wildman–Crippen LogP) is 1.43. The van der Waals surface area contributed by atoms with Gasteiger partial charge in [0.05, 0.1) is 11.5 Å². The van der Waals surface area contributed by atoms with Crippen LogP contribution >= 0.6 is 35.3 Å². The van der Waals surface area contributed by atoms with Crippen molar-refractivity contribution in [3.05, 3.63) is 22.4 Å². The number of thiophene rings is 1. The Morgan fingerprint density at radius 1 is 1.57 bits per heavy atom. The highest BCUT2D eigenvalue weighted by Crippen LogP contribution is 2.07. The fourth-order valence-electron chi connectivity index (χ4n) is 1.57. The standard InChI is InChI=1S/C13H22N4O2S.HI/c1-10(9-19-2)17-13(14)16-7-4-6-15-12(18)11-5-3-8-20-11;/h3,5,8,10H,4,6-7,9H2,1-2H3,(H,15,18)(H3,14,16,17);1H. The lowest BCUT2D eigenvalue weighted by Crippen LogP contribution is -2.40. The largest absolute Gasteiger partial charge is 0.383 e. The van der Waals surface area contributed by atoms with Crippen LogP contribution in [0.3, 0.4) is 0 Å². The molecule has 4 N–H and O–H groups in total. The number of hydrogen-bond acceptors (Lipinski definition) is 4. The lowest BCUT2D eigenvalue weighted by molar-refractivity contribution is 0.0957. The summed E-state index contributed by atoms with van der Waals surface area (Å²) in [6.45, 7) is 3.70. The summed E-state index contributed by atoms with van der Waals surface area (Å²) < 4.78 is 4.99. The molecule has 0 saturated heterocycles. The van der Waals surface area contributed by atoms with E-state index in [0.717, 1.165) is 11.3 Å². The number of nitrogens with zero attached hydrogens (tertiary/aromatic N) is 1. The maximum absolute atomic E-state index is 11.6. The molecule has 6 nitrogen and oxygen atoms in total. The van der Waals surface area contributed by atoms with E-state index in [9.17, 15) is 4.79 Å². The van der Waals surface area contributed by atoms with Crippen molar-refractivity contribution in [3.8, 4) is 0 Å². The van der Waals surface area contributed by atoms with Gasteiger partial charge in [-0.1, -0.05) is 6.07 Å². The zero-order valence-corrected chi connectivity index (χ0v) is 15.4. The topological polar surface area (TPSA) is 88.7 Å². The molecule has 0 aliphatic rings. The second kappa shape index (κ2) is 11.8. The molecule has 0 aromatic carbocycles. The number of aliphatic imine (C=N–C) groups is 1. The first-order chi connectivity index (χ1) is 9.63. The fraction of sp³-hybridized carbons (Fsp3) is 0.538. The Morgan fingerprint density at radius 3 is 2.95 bits per heavy atom. The van der Waals surface area contributed by atoms with Crippen LogP contribution in [-0.2, 0) is 4.74 Å². The highest BCUT2D eigenvalue weighted by Gasteiger charge is 2.04. The number of carbonyl (C=O) groups is 1. The number of carbonyl (C=O) groups excluding carboxylic acids is 1. The Bertz CT molecular complexity index is 426. The third kappa shape index (κ3) is 8.89. The third-order valence-electron chi connectivity index (χ3n) is 2.46. The van der Waals surface area contributed by atoms with Gasteiger partial charge >= 0.3 is 0 Å². The highest BCUT2D eigenvalue weighted by molar-refractivity contribution is 14.0. The maximum atomic E-state index is 11.6. The van der Waals surface area contributed by atoms with Gasteiger partial charge in [0.15, 0.2) is 5.96 Å². The Balaban J connectivity index is 0.00000400. The number of guanidine groups is 1. The number of methoxy groups -OCH3 is 1. The van der Waals surface area contributed by atoms with Gasteiger partial charge in [-0.25, -0.2) is 0 Å². The molecule has 0 radical (unpaired) electrons. The fourth-order valence-corrected chi connectivity index (χ4v) is 2.21. The van der Waals surface area contributed by atoms with Crippen LogP contribution in [0.2, 0.25) is 0 Å². The van der Waals surface area contributed by atoms with E-state index in [0.29, 0.717) is 25.7 Å². The van der Waals surface area contributed by atoms with Crippen molar-refractivity contribution in [2.45, 2.75) is 19.4 Å². The van der Waals surface area contributed by atoms with Gasteiger partial charge in [-0.3, -0.25) is 9.79 Å². The average molecular weight is 426 g/mol. The maximum Gasteiger partial charge on any atom is 0.261 e. The minimum atomic E-state index is -0.0382. The molecule has 120 valence electrons. The molecule has 1 atom stereocenters. The molecular formula is C13H23IN4O2S. The van der Waals surface area contributed by atoms with E-state index in [1.807, 2.05) is 18.4 Å². The number of hydrogen-bond donors (Lipinski definition) is 3. The van der Waals surface area contributed by atoms with Crippen molar-refractivity contribution in [1.82, 2.24) is 10.6 Å². The van der Waals surface area contributed by atoms with Crippen molar-refractivity contribution in [2.75, 3.05) is 26.8 Å². The molecule has 1 aromatic rings. The Hall–Kier alpha value is -0.870. The molecule has 21 heavy (non-hydrogen) atoms. The van der Waals surface area contributed by atoms with Gasteiger partial charge < -0.3 is 21.1 Å². The van der Waals surface area contributed by atoms with Crippen LogP contribution in [0.25, 0.3) is 0 Å². The van der Waals surface area contributed by atoms with Crippen LogP contribution in [0.5, 0.6) is 0 Å². The van der Waals surface area contributed by atoms with Crippen LogP contribution in [0.1, 0.15) is 23.0 Å². The number of halogens is 1. The van der Waals surface area contributed by atoms with Gasteiger partial charge in [-0.15, -0.1) is 35.3 Å². The van der Waals surface area contributed by atoms with Crippen molar-refractivity contribution in [1.29, 1.82) is 0 Å². The van der Waals surface area contributed by atoms with Crippen LogP contribution in [-0.4, -0.2) is 44.7 Å². The smallest absolute Gasteiger partial charge is 0.261 e. The zero-order chi connectivity index (χ0) is 14.8. The molecule has 0 spiro atoms. The molecule has 1 rings (SSSR count). The summed E-state index contributed by atoms with van der Waals surface area (Å²) in [5.41, 5.74) is 5.72. The molecular weight excluding hydrogens is 403 g/mol. The molecule has 0 aliphatic heterocycles. The monoisotopic (exact) mass is 426 g/mol. The van der Waals surface area contributed by atoms with Crippen LogP contribution in [0.4, 0.5) is 0 Å². The van der Waals surface area contributed by atoms with Gasteiger partial charge in [0.25, 0.3) is 5.91 Å². The number of ether oxygens (including phenoxy) is 1. The molecule has 1 amide bonds. The van der Waals surface area contributed by atoms with E-state index in [1.165, 1.54) is 11.3 Å². The highest BCUT2D eigenvalue weighted by atomic mass is 127. The summed E-state index contributed by atoms with van der Waals surface area (Å²) in [6, 6.07) is 3.79. The van der Waals surface area contributed by atoms with Gasteiger partial charge in [-0.2, -0.15) is 0 Å². The number of nitrogens with two attached hydrogens (primary N) is 1. The summed E-state index contributed by atoms with van der Waals surface area (Å²) in [6.07, 6.45) is 0.748. The first-order valence-electron chi connectivity index (χ1n) is 6.50. The first-order valence-corrected chi connectivity index (χ1v) is 7.38. The lowest BCUT2D eigenvalue weighted by atomic mass is 10.4. The second-order valence-corrected chi connectivity index (χ2v) is 5.30. The lowest BCUT2D eigenvalue weighted by Gasteiger charge is -2.12. The van der Waals surface area contributed by atoms with Crippen LogP contribution in [0.15, 0.2) is 22.5 Å². The molecule has 0 aliphatic carbocycles. The van der Waals surface area contributed by atoms with Crippen molar-refractivity contribution in [3.63, 3.8) is 0 Å². The molecule has 0 bridgehead atoms. The van der Waals surface area contributed by atoms with E-state index in [1.54, 1.807) is 13.2 Å². The van der Waals surface area contributed by atoms with Crippen molar-refractivity contribution in [2.24, 2.45) is 10.7 Å². The van der Waals surface area contributed by atoms with E-state index in [-0.39, 0.29) is 35.9 Å². The van der Waals surface area contributed by atoms with Crippen LogP contribution < -0.4 is 16.4 Å². The molecule has 0 saturated carbocycles. The van der Waals surface area contributed by atoms with Gasteiger partial charge in [0.2, 0.25) is 0 Å². The molecule has 1 heterocycles. The molecule has 1 unspecified atom stereocenters. The SMILES string of the molecule is COCC(C)NC(N)=NCCCNC(=O)c1cccs1.I. The van der Waals surface area contributed by atoms with E-state index < -0.39 is 0 Å². The summed E-state index contributed by atoms with van der Waals surface area (Å²) in [5, 5.41) is 7.74. The summed E-state index contributed by atoms with van der Waals surface area (Å²) >= 11 is 1.43. The quantitative estimate of drug-likeness (QED) is 0.254. The normalized spacial score (nSPS) is 12.4. The van der Waals surface area contributed by atoms with Crippen molar-refractivity contribution < 1.29 is 9.53 Å². The second-order valence-electron chi connectivity index (χ2n) is 4.35. The predicted molar refractivity (Wildman–Crippen MR) is 97.6 cm³/mol. The molecule has 8 heteroatoms. The molecule has 1 aromatic heterocycles. The minimum absolute atomic E-state index is 0. The minimum Gasteiger partial charge on any atom is -0.383 e. The van der Waals surface area contributed by atoms with Crippen LogP contribution in [0, 0.1) is 0 Å². The van der Waals surface area contributed by atoms with Gasteiger partial charge in [-0.05, 0) is 24.8 Å². The van der Waals surface area contributed by atoms with Gasteiger partial charge in [0, 0.05) is 26.2 Å². The van der Waals surface area contributed by atoms with Gasteiger partial charge in [0.1, 0.15) is 0 Å². The summed E-state index contributed by atoms with van der Waals surface area (Å²) in [4.78, 5) is 16.5. The van der Waals surface area contributed by atoms with Crippen molar-refractivity contribution >= 4 is 47.2 Å². The number of amides is 1. The summed E-state index contributed by atoms with van der Waals surface area (Å²) in [5.74, 6) is 0.364. The first kappa shape index (κ1) is 20.1. The average Bonchev–Trinajstić information content (AvgIpc) is 2.92. The van der Waals surface area contributed by atoms with E-state index in [4.69, 9.17) is 10.5 Å². The van der Waals surface area contributed by atoms with E-state index >= 15 is 0 Å². The number of nitrogens with one attached hydrogen (secondary N) is 2. The van der Waals surface area contributed by atoms with E-state index in [2.05, 4.69) is 15.6 Å². The number of rotatable bonds is 8. The molecule has 0 fully saturated rings.